The molecular weight excluding hydrogens is 294 g/mol. The fourth-order valence-corrected chi connectivity index (χ4v) is 3.49. The summed E-state index contributed by atoms with van der Waals surface area (Å²) >= 11 is 0. The number of piperidine rings is 1. The minimum absolute atomic E-state index is 0.0307. The number of aromatic nitrogens is 1. The summed E-state index contributed by atoms with van der Waals surface area (Å²) in [6.45, 7) is 6.17. The molecule has 2 aliphatic rings. The highest BCUT2D eigenvalue weighted by molar-refractivity contribution is 5.92. The zero-order valence-corrected chi connectivity index (χ0v) is 13.7. The van der Waals surface area contributed by atoms with Crippen LogP contribution < -0.4 is 5.56 Å². The van der Waals surface area contributed by atoms with E-state index in [2.05, 4.69) is 4.90 Å². The Labute approximate surface area is 136 Å². The van der Waals surface area contributed by atoms with E-state index in [1.807, 2.05) is 4.90 Å². The van der Waals surface area contributed by atoms with E-state index in [-0.39, 0.29) is 11.5 Å². The van der Waals surface area contributed by atoms with Gasteiger partial charge in [0.2, 0.25) is 0 Å². The molecule has 3 heterocycles. The molecule has 1 atom stereocenters. The molecule has 6 nitrogen and oxygen atoms in total. The van der Waals surface area contributed by atoms with E-state index in [9.17, 15) is 9.59 Å². The Morgan fingerprint density at radius 1 is 1.26 bits per heavy atom. The predicted molar refractivity (Wildman–Crippen MR) is 87.6 cm³/mol. The van der Waals surface area contributed by atoms with Gasteiger partial charge in [-0.3, -0.25) is 14.5 Å². The summed E-state index contributed by atoms with van der Waals surface area (Å²) in [6, 6.07) is 4.87. The van der Waals surface area contributed by atoms with Crippen LogP contribution in [0.25, 0.3) is 0 Å². The molecule has 23 heavy (non-hydrogen) atoms. The summed E-state index contributed by atoms with van der Waals surface area (Å²) in [6.07, 6.45) is 2.19. The first-order valence-electron chi connectivity index (χ1n) is 8.40. The number of likely N-dealkylation sites (tertiary alicyclic amines) is 1. The normalized spacial score (nSPS) is 23.0. The molecule has 1 aromatic rings. The molecule has 0 spiro atoms. The maximum atomic E-state index is 12.7. The van der Waals surface area contributed by atoms with E-state index < -0.39 is 0 Å². The maximum absolute atomic E-state index is 12.7. The highest BCUT2D eigenvalue weighted by Crippen LogP contribution is 2.20. The number of hydrogen-bond acceptors (Lipinski definition) is 4. The van der Waals surface area contributed by atoms with Gasteiger partial charge in [0, 0.05) is 45.8 Å². The number of morpholine rings is 1. The molecule has 2 saturated heterocycles. The first kappa shape index (κ1) is 16.2. The van der Waals surface area contributed by atoms with Crippen molar-refractivity contribution in [1.82, 2.24) is 14.4 Å². The lowest BCUT2D eigenvalue weighted by Gasteiger charge is -2.37. The van der Waals surface area contributed by atoms with E-state index in [0.717, 1.165) is 58.8 Å². The molecule has 0 aliphatic carbocycles. The van der Waals surface area contributed by atoms with Gasteiger partial charge in [0.1, 0.15) is 5.69 Å². The number of amides is 1. The summed E-state index contributed by atoms with van der Waals surface area (Å²) in [7, 11) is 1.66. The van der Waals surface area contributed by atoms with E-state index in [1.54, 1.807) is 19.2 Å². The molecule has 6 heteroatoms. The monoisotopic (exact) mass is 319 g/mol. The highest BCUT2D eigenvalue weighted by Gasteiger charge is 2.27. The van der Waals surface area contributed by atoms with E-state index in [0.29, 0.717) is 11.6 Å². The molecule has 0 bridgehead atoms. The second-order valence-electron chi connectivity index (χ2n) is 6.48. The van der Waals surface area contributed by atoms with Gasteiger partial charge in [-0.1, -0.05) is 6.07 Å². The van der Waals surface area contributed by atoms with Crippen molar-refractivity contribution < 1.29 is 9.53 Å². The van der Waals surface area contributed by atoms with E-state index >= 15 is 0 Å². The summed E-state index contributed by atoms with van der Waals surface area (Å²) in [5.41, 5.74) is 0.335. The second-order valence-corrected chi connectivity index (χ2v) is 6.48. The van der Waals surface area contributed by atoms with Crippen molar-refractivity contribution >= 4 is 5.91 Å². The third kappa shape index (κ3) is 3.82. The zero-order valence-electron chi connectivity index (χ0n) is 13.7. The Bertz CT molecular complexity index is 607. The van der Waals surface area contributed by atoms with Gasteiger partial charge < -0.3 is 14.2 Å². The number of carbonyl (C=O) groups is 1. The van der Waals surface area contributed by atoms with Gasteiger partial charge in [0.05, 0.1) is 13.2 Å². The highest BCUT2D eigenvalue weighted by atomic mass is 16.5. The number of hydrogen-bond donors (Lipinski definition) is 0. The third-order valence-electron chi connectivity index (χ3n) is 4.83. The molecule has 2 aliphatic heterocycles. The topological polar surface area (TPSA) is 54.8 Å². The van der Waals surface area contributed by atoms with Gasteiger partial charge in [0.15, 0.2) is 0 Å². The maximum Gasteiger partial charge on any atom is 0.270 e. The van der Waals surface area contributed by atoms with Crippen LogP contribution in [-0.4, -0.2) is 66.2 Å². The van der Waals surface area contributed by atoms with Gasteiger partial charge >= 0.3 is 0 Å². The smallest absolute Gasteiger partial charge is 0.270 e. The lowest BCUT2D eigenvalue weighted by Crippen LogP contribution is -2.46. The summed E-state index contributed by atoms with van der Waals surface area (Å²) < 4.78 is 6.83. The fraction of sp³-hybridized carbons (Fsp3) is 0.647. The van der Waals surface area contributed by atoms with Crippen LogP contribution in [0.2, 0.25) is 0 Å². The first-order chi connectivity index (χ1) is 11.1. The summed E-state index contributed by atoms with van der Waals surface area (Å²) in [5, 5.41) is 0. The average Bonchev–Trinajstić information content (AvgIpc) is 2.58. The van der Waals surface area contributed by atoms with Crippen LogP contribution >= 0.6 is 0 Å². The van der Waals surface area contributed by atoms with Crippen LogP contribution in [0.5, 0.6) is 0 Å². The van der Waals surface area contributed by atoms with Crippen LogP contribution in [0.3, 0.4) is 0 Å². The molecule has 0 aromatic carbocycles. The Kier molecular flexibility index (Phi) is 5.13. The Balaban J connectivity index is 1.64. The number of carbonyl (C=O) groups excluding carboxylic acids is 1. The summed E-state index contributed by atoms with van der Waals surface area (Å²) in [5.74, 6) is 0.475. The van der Waals surface area contributed by atoms with Crippen LogP contribution in [0, 0.1) is 5.92 Å². The van der Waals surface area contributed by atoms with Crippen molar-refractivity contribution in [1.29, 1.82) is 0 Å². The first-order valence-corrected chi connectivity index (χ1v) is 8.40. The van der Waals surface area contributed by atoms with Gasteiger partial charge in [0.25, 0.3) is 11.5 Å². The number of pyridine rings is 1. The lowest BCUT2D eigenvalue weighted by atomic mass is 9.97. The third-order valence-corrected chi connectivity index (χ3v) is 4.83. The molecular formula is C17H25N3O3. The van der Waals surface area contributed by atoms with Crippen molar-refractivity contribution in [2.45, 2.75) is 12.8 Å². The number of nitrogens with zero attached hydrogens (tertiary/aromatic N) is 3. The van der Waals surface area contributed by atoms with Crippen molar-refractivity contribution in [3.8, 4) is 0 Å². The number of rotatable bonds is 3. The molecule has 0 N–H and O–H groups in total. The molecule has 126 valence electrons. The van der Waals surface area contributed by atoms with Crippen molar-refractivity contribution in [3.05, 3.63) is 34.2 Å². The molecule has 0 saturated carbocycles. The standard InChI is InChI=1S/C17H25N3O3/c1-18-15(5-2-6-16(18)21)17(22)20-7-3-4-14(13-20)12-19-8-10-23-11-9-19/h2,5-6,14H,3-4,7-13H2,1H3/t14-/m1/s1. The minimum Gasteiger partial charge on any atom is -0.379 e. The van der Waals surface area contributed by atoms with Crippen molar-refractivity contribution in [2.24, 2.45) is 13.0 Å². The molecule has 2 fully saturated rings. The van der Waals surface area contributed by atoms with Gasteiger partial charge in [-0.15, -0.1) is 0 Å². The van der Waals surface area contributed by atoms with Crippen molar-refractivity contribution in [2.75, 3.05) is 45.9 Å². The molecule has 0 unspecified atom stereocenters. The van der Waals surface area contributed by atoms with E-state index in [1.165, 1.54) is 10.6 Å². The number of ether oxygens (including phenoxy) is 1. The van der Waals surface area contributed by atoms with Crippen LogP contribution in [0.4, 0.5) is 0 Å². The van der Waals surface area contributed by atoms with E-state index in [4.69, 9.17) is 4.74 Å². The Morgan fingerprint density at radius 3 is 2.83 bits per heavy atom. The molecule has 1 amide bonds. The van der Waals surface area contributed by atoms with Crippen LogP contribution in [-0.2, 0) is 11.8 Å². The predicted octanol–water partition coefficient (Wildman–Crippen LogP) is 0.570. The average molecular weight is 319 g/mol. The van der Waals surface area contributed by atoms with Crippen molar-refractivity contribution in [3.63, 3.8) is 0 Å². The Hall–Kier alpha value is -1.66. The lowest BCUT2D eigenvalue weighted by molar-refractivity contribution is 0.0222. The largest absolute Gasteiger partial charge is 0.379 e. The quantitative estimate of drug-likeness (QED) is 0.817. The SMILES string of the molecule is Cn1c(C(=O)N2CCC[C@H](CN3CCOCC3)C2)cccc1=O. The fourth-order valence-electron chi connectivity index (χ4n) is 3.49. The second kappa shape index (κ2) is 7.27. The van der Waals surface area contributed by atoms with Crippen LogP contribution in [0.1, 0.15) is 23.3 Å². The van der Waals surface area contributed by atoms with Crippen LogP contribution in [0.15, 0.2) is 23.0 Å². The Morgan fingerprint density at radius 2 is 2.04 bits per heavy atom. The summed E-state index contributed by atoms with van der Waals surface area (Å²) in [4.78, 5) is 28.8. The van der Waals surface area contributed by atoms with Gasteiger partial charge in [-0.2, -0.15) is 0 Å². The minimum atomic E-state index is -0.141. The van der Waals surface area contributed by atoms with Gasteiger partial charge in [-0.05, 0) is 24.8 Å². The molecule has 1 aromatic heterocycles. The zero-order chi connectivity index (χ0) is 16.2. The molecule has 0 radical (unpaired) electrons. The molecule has 3 rings (SSSR count). The van der Waals surface area contributed by atoms with Gasteiger partial charge in [-0.25, -0.2) is 0 Å².